The maximum atomic E-state index is 6.32. The fraction of sp³-hybridized carbons (Fsp3) is 0.286. The van der Waals surface area contributed by atoms with Gasteiger partial charge in [-0.2, -0.15) is 9.78 Å². The number of anilines is 1. The minimum atomic E-state index is 0.204. The molecular formula is C14H14Cl2N4S. The molecule has 0 saturated carbocycles. The van der Waals surface area contributed by atoms with Crippen LogP contribution in [0.25, 0.3) is 11.3 Å². The van der Waals surface area contributed by atoms with E-state index in [9.17, 15) is 0 Å². The van der Waals surface area contributed by atoms with Crippen LogP contribution in [0.2, 0.25) is 10.0 Å². The van der Waals surface area contributed by atoms with Gasteiger partial charge in [0.05, 0.1) is 10.0 Å². The Morgan fingerprint density at radius 2 is 2.00 bits per heavy atom. The zero-order valence-electron chi connectivity index (χ0n) is 11.2. The van der Waals surface area contributed by atoms with Crippen LogP contribution >= 0.6 is 35.4 Å². The fourth-order valence-corrected chi connectivity index (χ4v) is 3.30. The molecule has 0 saturated heterocycles. The van der Waals surface area contributed by atoms with E-state index in [1.807, 2.05) is 6.07 Å². The summed E-state index contributed by atoms with van der Waals surface area (Å²) in [7, 11) is 0. The lowest BCUT2D eigenvalue weighted by molar-refractivity contribution is 0.782. The Hall–Kier alpha value is -1.30. The van der Waals surface area contributed by atoms with Crippen LogP contribution in [0.4, 0.5) is 5.82 Å². The van der Waals surface area contributed by atoms with Crippen molar-refractivity contribution >= 4 is 46.4 Å². The molecule has 3 N–H and O–H groups in total. The summed E-state index contributed by atoms with van der Waals surface area (Å²) in [6, 6.07) is 5.42. The van der Waals surface area contributed by atoms with E-state index in [1.54, 1.807) is 16.8 Å². The number of rotatable bonds is 1. The van der Waals surface area contributed by atoms with E-state index in [1.165, 1.54) is 0 Å². The van der Waals surface area contributed by atoms with Crippen LogP contribution in [0.1, 0.15) is 18.4 Å². The van der Waals surface area contributed by atoms with Crippen LogP contribution in [-0.2, 0) is 6.42 Å². The first kappa shape index (κ1) is 14.6. The van der Waals surface area contributed by atoms with Gasteiger partial charge in [0.1, 0.15) is 11.5 Å². The van der Waals surface area contributed by atoms with E-state index >= 15 is 0 Å². The van der Waals surface area contributed by atoms with Crippen LogP contribution in [0.15, 0.2) is 18.2 Å². The number of hydrogen-bond donors (Lipinski definition) is 2. The molecule has 4 nitrogen and oxygen atoms in total. The fourth-order valence-electron chi connectivity index (χ4n) is 2.59. The van der Waals surface area contributed by atoms with Gasteiger partial charge >= 0.3 is 0 Å². The first-order valence-electron chi connectivity index (χ1n) is 6.69. The second-order valence-electron chi connectivity index (χ2n) is 4.91. The highest BCUT2D eigenvalue weighted by molar-refractivity contribution is 7.80. The number of nitrogens with zero attached hydrogens (tertiary/aromatic N) is 2. The summed E-state index contributed by atoms with van der Waals surface area (Å²) in [5.41, 5.74) is 8.33. The molecule has 110 valence electrons. The number of fused-ring (bicyclic) bond motifs is 1. The van der Waals surface area contributed by atoms with Gasteiger partial charge in [0.2, 0.25) is 0 Å². The van der Waals surface area contributed by atoms with Gasteiger partial charge < -0.3 is 11.1 Å². The molecule has 0 aliphatic carbocycles. The summed E-state index contributed by atoms with van der Waals surface area (Å²) in [6.07, 6.45) is 3.04. The second kappa shape index (κ2) is 5.83. The first-order valence-corrected chi connectivity index (χ1v) is 7.86. The topological polar surface area (TPSA) is 55.9 Å². The SMILES string of the molecule is NC(=S)n1nc(-c2c(Cl)cccc2Cl)c2c1NCCCC2. The lowest BCUT2D eigenvalue weighted by atomic mass is 10.0. The number of nitrogens with two attached hydrogens (primary N) is 1. The molecule has 1 aliphatic rings. The molecule has 1 aromatic heterocycles. The van der Waals surface area contributed by atoms with Gasteiger partial charge in [-0.15, -0.1) is 0 Å². The maximum Gasteiger partial charge on any atom is 0.193 e. The molecule has 1 aliphatic heterocycles. The molecule has 2 aromatic rings. The number of halogens is 2. The van der Waals surface area contributed by atoms with Crippen molar-refractivity contribution in [3.63, 3.8) is 0 Å². The van der Waals surface area contributed by atoms with Gasteiger partial charge in [-0.25, -0.2) is 0 Å². The number of aromatic nitrogens is 2. The lowest BCUT2D eigenvalue weighted by Gasteiger charge is -2.07. The Labute approximate surface area is 138 Å². The molecule has 1 aromatic carbocycles. The van der Waals surface area contributed by atoms with Crippen LogP contribution in [-0.4, -0.2) is 21.4 Å². The zero-order valence-corrected chi connectivity index (χ0v) is 13.5. The second-order valence-corrected chi connectivity index (χ2v) is 6.14. The summed E-state index contributed by atoms with van der Waals surface area (Å²) in [5.74, 6) is 0.853. The third kappa shape index (κ3) is 2.61. The lowest BCUT2D eigenvalue weighted by Crippen LogP contribution is -2.22. The molecule has 7 heteroatoms. The average Bonchev–Trinajstić information content (AvgIpc) is 2.63. The van der Waals surface area contributed by atoms with E-state index in [0.29, 0.717) is 10.0 Å². The van der Waals surface area contributed by atoms with E-state index < -0.39 is 0 Å². The quantitative estimate of drug-likeness (QED) is 0.777. The van der Waals surface area contributed by atoms with Crippen molar-refractivity contribution in [2.24, 2.45) is 5.73 Å². The van der Waals surface area contributed by atoms with Crippen LogP contribution in [0, 0.1) is 0 Å². The monoisotopic (exact) mass is 340 g/mol. The van der Waals surface area contributed by atoms with E-state index in [4.69, 9.17) is 41.2 Å². The van der Waals surface area contributed by atoms with Gasteiger partial charge in [0, 0.05) is 17.7 Å². The number of benzene rings is 1. The highest BCUT2D eigenvalue weighted by Gasteiger charge is 2.24. The Kier molecular flexibility index (Phi) is 4.06. The van der Waals surface area contributed by atoms with Gasteiger partial charge in [-0.3, -0.25) is 0 Å². The number of thiocarbonyl (C=S) groups is 1. The largest absolute Gasteiger partial charge is 0.374 e. The molecule has 2 heterocycles. The molecule has 21 heavy (non-hydrogen) atoms. The van der Waals surface area contributed by atoms with Crippen molar-refractivity contribution in [3.05, 3.63) is 33.8 Å². The maximum absolute atomic E-state index is 6.32. The predicted octanol–water partition coefficient (Wildman–Crippen LogP) is 3.70. The molecular weight excluding hydrogens is 327 g/mol. The normalized spacial score (nSPS) is 14.2. The van der Waals surface area contributed by atoms with Crippen molar-refractivity contribution in [2.75, 3.05) is 11.9 Å². The van der Waals surface area contributed by atoms with Crippen LogP contribution in [0.5, 0.6) is 0 Å². The first-order chi connectivity index (χ1) is 10.1. The van der Waals surface area contributed by atoms with Crippen molar-refractivity contribution < 1.29 is 0 Å². The van der Waals surface area contributed by atoms with Gasteiger partial charge in [0.15, 0.2) is 5.11 Å². The smallest absolute Gasteiger partial charge is 0.193 e. The minimum absolute atomic E-state index is 0.204. The highest BCUT2D eigenvalue weighted by atomic mass is 35.5. The molecule has 0 bridgehead atoms. The standard InChI is InChI=1S/C14H14Cl2N4S/c15-9-5-3-6-10(16)11(9)12-8-4-1-2-7-18-13(8)20(19-12)14(17)21/h3,5-6,18H,1-2,4,7H2,(H2,17,21). The van der Waals surface area contributed by atoms with Gasteiger partial charge in [0.25, 0.3) is 0 Å². The molecule has 0 radical (unpaired) electrons. The highest BCUT2D eigenvalue weighted by Crippen LogP contribution is 2.39. The van der Waals surface area contributed by atoms with Gasteiger partial charge in [-0.1, -0.05) is 29.3 Å². The van der Waals surface area contributed by atoms with Crippen molar-refractivity contribution in [2.45, 2.75) is 19.3 Å². The number of nitrogens with one attached hydrogen (secondary N) is 1. The summed E-state index contributed by atoms with van der Waals surface area (Å²) in [6.45, 7) is 0.872. The van der Waals surface area contributed by atoms with Crippen LogP contribution in [0.3, 0.4) is 0 Å². The molecule has 3 rings (SSSR count). The van der Waals surface area contributed by atoms with Gasteiger partial charge in [-0.05, 0) is 43.6 Å². The average molecular weight is 341 g/mol. The molecule has 0 atom stereocenters. The Morgan fingerprint density at radius 3 is 2.67 bits per heavy atom. The van der Waals surface area contributed by atoms with Crippen LogP contribution < -0.4 is 11.1 Å². The third-order valence-corrected chi connectivity index (χ3v) is 4.34. The molecule has 0 fully saturated rings. The summed E-state index contributed by atoms with van der Waals surface area (Å²) < 4.78 is 1.56. The summed E-state index contributed by atoms with van der Waals surface area (Å²) >= 11 is 17.7. The summed E-state index contributed by atoms with van der Waals surface area (Å²) in [4.78, 5) is 0. The Morgan fingerprint density at radius 1 is 1.29 bits per heavy atom. The van der Waals surface area contributed by atoms with E-state index in [2.05, 4.69) is 10.4 Å². The number of hydrogen-bond acceptors (Lipinski definition) is 3. The molecule has 0 amide bonds. The zero-order chi connectivity index (χ0) is 15.0. The minimum Gasteiger partial charge on any atom is -0.374 e. The van der Waals surface area contributed by atoms with Crippen molar-refractivity contribution in [3.8, 4) is 11.3 Å². The third-order valence-electron chi connectivity index (χ3n) is 3.54. The molecule has 0 unspecified atom stereocenters. The van der Waals surface area contributed by atoms with E-state index in [-0.39, 0.29) is 5.11 Å². The van der Waals surface area contributed by atoms with Crippen molar-refractivity contribution in [1.29, 1.82) is 0 Å². The summed E-state index contributed by atoms with van der Waals surface area (Å²) in [5, 5.41) is 9.24. The Balaban J connectivity index is 2.26. The molecule has 0 spiro atoms. The Bertz CT molecular complexity index is 691. The van der Waals surface area contributed by atoms with E-state index in [0.717, 1.165) is 48.4 Å². The predicted molar refractivity (Wildman–Crippen MR) is 91.3 cm³/mol. The van der Waals surface area contributed by atoms with Crippen molar-refractivity contribution in [1.82, 2.24) is 9.78 Å².